The standard InChI is InChI=1S/C19H22O8/c1-10-16(11(2)21)27-19(26-15-7-5-14(9-20)6-8-15)18(25-13(4)23)17(10)24-12(3)22/h5-10,16-19H,1-4H3/t10-,16+,17+,18-,19-/m1/s1. The van der Waals surface area contributed by atoms with Crippen molar-refractivity contribution in [1.29, 1.82) is 0 Å². The zero-order valence-corrected chi connectivity index (χ0v) is 15.5. The molecule has 8 heteroatoms. The van der Waals surface area contributed by atoms with Crippen LogP contribution in [-0.4, -0.2) is 48.6 Å². The summed E-state index contributed by atoms with van der Waals surface area (Å²) in [5.41, 5.74) is 0.455. The maximum Gasteiger partial charge on any atom is 0.303 e. The quantitative estimate of drug-likeness (QED) is 0.544. The van der Waals surface area contributed by atoms with Crippen molar-refractivity contribution in [2.45, 2.75) is 52.3 Å². The average molecular weight is 378 g/mol. The predicted molar refractivity (Wildman–Crippen MR) is 92.1 cm³/mol. The van der Waals surface area contributed by atoms with Gasteiger partial charge in [0.15, 0.2) is 11.9 Å². The van der Waals surface area contributed by atoms with Crippen molar-refractivity contribution in [1.82, 2.24) is 0 Å². The van der Waals surface area contributed by atoms with Gasteiger partial charge in [-0.15, -0.1) is 0 Å². The molecule has 1 fully saturated rings. The summed E-state index contributed by atoms with van der Waals surface area (Å²) in [4.78, 5) is 45.9. The van der Waals surface area contributed by atoms with Gasteiger partial charge >= 0.3 is 11.9 Å². The number of esters is 2. The molecule has 1 aliphatic heterocycles. The van der Waals surface area contributed by atoms with Crippen LogP contribution in [0.3, 0.4) is 0 Å². The predicted octanol–water partition coefficient (Wildman–Crippen LogP) is 1.69. The molecule has 0 spiro atoms. The van der Waals surface area contributed by atoms with E-state index in [4.69, 9.17) is 18.9 Å². The summed E-state index contributed by atoms with van der Waals surface area (Å²) >= 11 is 0. The van der Waals surface area contributed by atoms with Gasteiger partial charge in [0.25, 0.3) is 0 Å². The third kappa shape index (κ3) is 5.13. The molecule has 1 aliphatic rings. The summed E-state index contributed by atoms with van der Waals surface area (Å²) in [7, 11) is 0. The van der Waals surface area contributed by atoms with Crippen LogP contribution in [0.1, 0.15) is 38.1 Å². The Bertz CT molecular complexity index is 711. The molecule has 8 nitrogen and oxygen atoms in total. The zero-order chi connectivity index (χ0) is 20.1. The van der Waals surface area contributed by atoms with Crippen molar-refractivity contribution in [2.75, 3.05) is 0 Å². The van der Waals surface area contributed by atoms with Gasteiger partial charge in [-0.1, -0.05) is 6.92 Å². The van der Waals surface area contributed by atoms with Gasteiger partial charge < -0.3 is 18.9 Å². The summed E-state index contributed by atoms with van der Waals surface area (Å²) in [6.07, 6.45) is -3.38. The molecule has 0 radical (unpaired) electrons. The van der Waals surface area contributed by atoms with Crippen molar-refractivity contribution in [3.8, 4) is 5.75 Å². The Kier molecular flexibility index (Phi) is 6.68. The van der Waals surface area contributed by atoms with Crippen LogP contribution in [0.4, 0.5) is 0 Å². The van der Waals surface area contributed by atoms with E-state index in [0.717, 1.165) is 0 Å². The summed E-state index contributed by atoms with van der Waals surface area (Å²) < 4.78 is 22.1. The third-order valence-corrected chi connectivity index (χ3v) is 4.14. The molecule has 2 rings (SSSR count). The fourth-order valence-corrected chi connectivity index (χ4v) is 2.97. The molecule has 1 aromatic carbocycles. The molecule has 1 aromatic rings. The second-order valence-corrected chi connectivity index (χ2v) is 6.35. The highest BCUT2D eigenvalue weighted by Crippen LogP contribution is 2.32. The van der Waals surface area contributed by atoms with Gasteiger partial charge in [0.05, 0.1) is 0 Å². The van der Waals surface area contributed by atoms with Crippen molar-refractivity contribution >= 4 is 24.0 Å². The second kappa shape index (κ2) is 8.77. The number of hydrogen-bond acceptors (Lipinski definition) is 8. The van der Waals surface area contributed by atoms with E-state index in [9.17, 15) is 19.2 Å². The van der Waals surface area contributed by atoms with Crippen molar-refractivity contribution in [3.05, 3.63) is 29.8 Å². The van der Waals surface area contributed by atoms with Gasteiger partial charge in [0.2, 0.25) is 12.4 Å². The van der Waals surface area contributed by atoms with Crippen LogP contribution >= 0.6 is 0 Å². The van der Waals surface area contributed by atoms with Crippen LogP contribution in [0.2, 0.25) is 0 Å². The normalized spacial score (nSPS) is 27.3. The highest BCUT2D eigenvalue weighted by molar-refractivity contribution is 5.81. The molecule has 5 atom stereocenters. The minimum Gasteiger partial charge on any atom is -0.461 e. The first-order valence-corrected chi connectivity index (χ1v) is 8.45. The molecular weight excluding hydrogens is 356 g/mol. The van der Waals surface area contributed by atoms with Gasteiger partial charge in [0.1, 0.15) is 18.1 Å². The summed E-state index contributed by atoms with van der Waals surface area (Å²) in [5.74, 6) is -1.68. The average Bonchev–Trinajstić information content (AvgIpc) is 2.60. The number of hydrogen-bond donors (Lipinski definition) is 0. The topological polar surface area (TPSA) is 105 Å². The fraction of sp³-hybridized carbons (Fsp3) is 0.474. The molecule has 27 heavy (non-hydrogen) atoms. The minimum absolute atomic E-state index is 0.272. The lowest BCUT2D eigenvalue weighted by molar-refractivity contribution is -0.261. The molecular formula is C19H22O8. The Labute approximate surface area is 156 Å². The van der Waals surface area contributed by atoms with E-state index in [1.807, 2.05) is 0 Å². The van der Waals surface area contributed by atoms with E-state index in [-0.39, 0.29) is 5.78 Å². The second-order valence-electron chi connectivity index (χ2n) is 6.35. The largest absolute Gasteiger partial charge is 0.461 e. The Morgan fingerprint density at radius 2 is 1.52 bits per heavy atom. The third-order valence-electron chi connectivity index (χ3n) is 4.14. The monoisotopic (exact) mass is 378 g/mol. The first-order chi connectivity index (χ1) is 12.7. The summed E-state index contributed by atoms with van der Waals surface area (Å²) in [6, 6.07) is 6.17. The van der Waals surface area contributed by atoms with E-state index < -0.39 is 42.5 Å². The van der Waals surface area contributed by atoms with E-state index in [1.165, 1.54) is 20.8 Å². The fourth-order valence-electron chi connectivity index (χ4n) is 2.97. The van der Waals surface area contributed by atoms with Crippen molar-refractivity contribution in [2.24, 2.45) is 5.92 Å². The molecule has 0 N–H and O–H groups in total. The lowest BCUT2D eigenvalue weighted by Gasteiger charge is -2.43. The number of benzene rings is 1. The van der Waals surface area contributed by atoms with E-state index in [1.54, 1.807) is 31.2 Å². The Balaban J connectivity index is 2.35. The Hall–Kier alpha value is -2.74. The molecule has 0 saturated carbocycles. The number of ketones is 1. The van der Waals surface area contributed by atoms with Gasteiger partial charge in [-0.3, -0.25) is 19.2 Å². The summed E-state index contributed by atoms with van der Waals surface area (Å²) in [6.45, 7) is 5.46. The zero-order valence-electron chi connectivity index (χ0n) is 15.5. The lowest BCUT2D eigenvalue weighted by atomic mass is 9.88. The van der Waals surface area contributed by atoms with Gasteiger partial charge in [-0.05, 0) is 31.2 Å². The minimum atomic E-state index is -1.18. The molecule has 0 aromatic heterocycles. The van der Waals surface area contributed by atoms with Gasteiger partial charge in [-0.2, -0.15) is 0 Å². The molecule has 1 saturated heterocycles. The SMILES string of the molecule is CC(=O)O[C@H]1[C@H](Oc2ccc(C=O)cc2)O[C@H](C(C)=O)[C@@H](C)[C@@H]1OC(C)=O. The smallest absolute Gasteiger partial charge is 0.303 e. The number of aldehydes is 1. The van der Waals surface area contributed by atoms with Crippen LogP contribution in [0, 0.1) is 5.92 Å². The van der Waals surface area contributed by atoms with Crippen LogP contribution in [0.15, 0.2) is 24.3 Å². The highest BCUT2D eigenvalue weighted by Gasteiger charge is 2.50. The van der Waals surface area contributed by atoms with Crippen LogP contribution in [-0.2, 0) is 28.6 Å². The number of rotatable bonds is 6. The molecule has 0 aliphatic carbocycles. The van der Waals surface area contributed by atoms with Crippen LogP contribution < -0.4 is 4.74 Å². The number of Topliss-reactive ketones (excluding diaryl/α,β-unsaturated/α-hetero) is 1. The van der Waals surface area contributed by atoms with Crippen LogP contribution in [0.5, 0.6) is 5.75 Å². The Morgan fingerprint density at radius 1 is 0.963 bits per heavy atom. The van der Waals surface area contributed by atoms with Crippen LogP contribution in [0.25, 0.3) is 0 Å². The summed E-state index contributed by atoms with van der Waals surface area (Å²) in [5, 5.41) is 0. The van der Waals surface area contributed by atoms with E-state index in [0.29, 0.717) is 17.6 Å². The molecule has 0 amide bonds. The van der Waals surface area contributed by atoms with Crippen molar-refractivity contribution in [3.63, 3.8) is 0 Å². The molecule has 1 heterocycles. The first-order valence-electron chi connectivity index (χ1n) is 8.45. The van der Waals surface area contributed by atoms with Gasteiger partial charge in [0, 0.05) is 25.3 Å². The van der Waals surface area contributed by atoms with E-state index >= 15 is 0 Å². The lowest BCUT2D eigenvalue weighted by Crippen LogP contribution is -2.59. The van der Waals surface area contributed by atoms with E-state index in [2.05, 4.69) is 0 Å². The molecule has 0 bridgehead atoms. The van der Waals surface area contributed by atoms with Gasteiger partial charge in [-0.25, -0.2) is 0 Å². The highest BCUT2D eigenvalue weighted by atomic mass is 16.7. The number of carbonyl (C=O) groups excluding carboxylic acids is 4. The number of carbonyl (C=O) groups is 4. The number of ether oxygens (including phenoxy) is 4. The Morgan fingerprint density at radius 3 is 2.00 bits per heavy atom. The maximum absolute atomic E-state index is 12.0. The first kappa shape index (κ1) is 20.6. The molecule has 0 unspecified atom stereocenters. The molecule has 146 valence electrons. The maximum atomic E-state index is 12.0. The van der Waals surface area contributed by atoms with Crippen molar-refractivity contribution < 1.29 is 38.1 Å².